The fourth-order valence-corrected chi connectivity index (χ4v) is 2.80. The van der Waals surface area contributed by atoms with Crippen molar-refractivity contribution in [3.8, 4) is 0 Å². The molecule has 0 aliphatic rings. The van der Waals surface area contributed by atoms with Crippen LogP contribution >= 0.6 is 11.8 Å². The van der Waals surface area contributed by atoms with E-state index >= 15 is 0 Å². The van der Waals surface area contributed by atoms with Gasteiger partial charge in [-0.1, -0.05) is 42.1 Å². The van der Waals surface area contributed by atoms with Crippen molar-refractivity contribution in [1.82, 2.24) is 15.2 Å². The van der Waals surface area contributed by atoms with Crippen LogP contribution in [-0.2, 0) is 6.42 Å². The molecule has 4 nitrogen and oxygen atoms in total. The van der Waals surface area contributed by atoms with Gasteiger partial charge in [0.1, 0.15) is 17.3 Å². The molecule has 0 atom stereocenters. The second kappa shape index (κ2) is 7.13. The van der Waals surface area contributed by atoms with E-state index in [0.717, 1.165) is 34.7 Å². The third kappa shape index (κ3) is 4.11. The molecule has 0 aliphatic carbocycles. The van der Waals surface area contributed by atoms with Gasteiger partial charge in [-0.05, 0) is 43.2 Å². The molecule has 0 unspecified atom stereocenters. The molecule has 0 spiro atoms. The van der Waals surface area contributed by atoms with E-state index in [1.165, 1.54) is 5.56 Å². The lowest BCUT2D eigenvalue weighted by molar-refractivity contribution is 0.525. The number of hydrogen-bond donors (Lipinski definition) is 1. The molecular formula is C17H17N3OS. The zero-order chi connectivity index (χ0) is 15.2. The van der Waals surface area contributed by atoms with Crippen LogP contribution in [0.5, 0.6) is 0 Å². The molecule has 2 aromatic heterocycles. The summed E-state index contributed by atoms with van der Waals surface area (Å²) in [5.74, 6) is 3.40. The summed E-state index contributed by atoms with van der Waals surface area (Å²) in [5, 5.41) is 7.90. The number of aromatic amines is 1. The van der Waals surface area contributed by atoms with Crippen molar-refractivity contribution < 1.29 is 4.42 Å². The van der Waals surface area contributed by atoms with E-state index in [0.29, 0.717) is 0 Å². The van der Waals surface area contributed by atoms with Crippen LogP contribution in [0, 0.1) is 6.92 Å². The lowest BCUT2D eigenvalue weighted by atomic mass is 10.2. The number of rotatable bonds is 6. The molecule has 5 heteroatoms. The Kier molecular flexibility index (Phi) is 4.75. The number of aryl methyl sites for hydroxylation is 2. The molecule has 1 aromatic carbocycles. The Bertz CT molecular complexity index is 746. The van der Waals surface area contributed by atoms with Crippen molar-refractivity contribution >= 4 is 23.9 Å². The summed E-state index contributed by atoms with van der Waals surface area (Å²) in [7, 11) is 0. The number of nitrogens with one attached hydrogen (secondary N) is 1. The summed E-state index contributed by atoms with van der Waals surface area (Å²) in [4.78, 5) is 4.43. The maximum atomic E-state index is 5.47. The second-order valence-electron chi connectivity index (χ2n) is 4.87. The molecule has 0 fully saturated rings. The summed E-state index contributed by atoms with van der Waals surface area (Å²) < 4.78 is 5.47. The highest BCUT2D eigenvalue weighted by Crippen LogP contribution is 2.16. The van der Waals surface area contributed by atoms with Crippen molar-refractivity contribution in [2.24, 2.45) is 0 Å². The van der Waals surface area contributed by atoms with Gasteiger partial charge in [-0.2, -0.15) is 0 Å². The van der Waals surface area contributed by atoms with E-state index in [2.05, 4.69) is 39.4 Å². The monoisotopic (exact) mass is 311 g/mol. The lowest BCUT2D eigenvalue weighted by Gasteiger charge is -1.98. The molecule has 2 heterocycles. The van der Waals surface area contributed by atoms with Crippen LogP contribution in [0.4, 0.5) is 0 Å². The van der Waals surface area contributed by atoms with Crippen LogP contribution in [0.15, 0.2) is 52.0 Å². The van der Waals surface area contributed by atoms with Gasteiger partial charge in [0.2, 0.25) is 5.16 Å². The zero-order valence-corrected chi connectivity index (χ0v) is 13.1. The van der Waals surface area contributed by atoms with Crippen molar-refractivity contribution in [1.29, 1.82) is 0 Å². The highest BCUT2D eigenvalue weighted by Gasteiger charge is 2.02. The van der Waals surface area contributed by atoms with Crippen LogP contribution in [0.25, 0.3) is 12.2 Å². The minimum Gasteiger partial charge on any atom is -0.462 e. The van der Waals surface area contributed by atoms with Gasteiger partial charge >= 0.3 is 0 Å². The minimum absolute atomic E-state index is 0.733. The average Bonchev–Trinajstić information content (AvgIpc) is 3.15. The molecule has 22 heavy (non-hydrogen) atoms. The van der Waals surface area contributed by atoms with Crippen LogP contribution in [0.2, 0.25) is 0 Å². The third-order valence-electron chi connectivity index (χ3n) is 3.11. The SMILES string of the molecule is Cc1ccc(/C=C/c2nc(SCCc3ccccc3)n[nH]2)o1. The quantitative estimate of drug-likeness (QED) is 0.693. The van der Waals surface area contributed by atoms with Gasteiger partial charge in [-0.25, -0.2) is 4.98 Å². The number of thioether (sulfide) groups is 1. The number of nitrogens with zero attached hydrogens (tertiary/aromatic N) is 2. The molecular weight excluding hydrogens is 294 g/mol. The molecule has 0 bridgehead atoms. The Balaban J connectivity index is 1.52. The predicted octanol–water partition coefficient (Wildman–Crippen LogP) is 4.21. The Morgan fingerprint density at radius 1 is 1.14 bits per heavy atom. The fourth-order valence-electron chi connectivity index (χ4n) is 2.01. The van der Waals surface area contributed by atoms with Crippen molar-refractivity contribution in [2.45, 2.75) is 18.5 Å². The predicted molar refractivity (Wildman–Crippen MR) is 89.6 cm³/mol. The second-order valence-corrected chi connectivity index (χ2v) is 5.93. The van der Waals surface area contributed by atoms with Crippen LogP contribution in [0.3, 0.4) is 0 Å². The molecule has 0 saturated heterocycles. The minimum atomic E-state index is 0.733. The molecule has 3 rings (SSSR count). The molecule has 1 N–H and O–H groups in total. The summed E-state index contributed by atoms with van der Waals surface area (Å²) >= 11 is 1.65. The summed E-state index contributed by atoms with van der Waals surface area (Å²) in [6.45, 7) is 1.92. The van der Waals surface area contributed by atoms with Gasteiger partial charge in [0.05, 0.1) is 0 Å². The summed E-state index contributed by atoms with van der Waals surface area (Å²) in [5.41, 5.74) is 1.33. The van der Waals surface area contributed by atoms with Gasteiger partial charge < -0.3 is 4.42 Å². The van der Waals surface area contributed by atoms with E-state index in [4.69, 9.17) is 4.42 Å². The van der Waals surface area contributed by atoms with Crippen molar-refractivity contribution in [3.05, 3.63) is 65.4 Å². The first-order chi connectivity index (χ1) is 10.8. The number of aromatic nitrogens is 3. The van der Waals surface area contributed by atoms with E-state index in [-0.39, 0.29) is 0 Å². The zero-order valence-electron chi connectivity index (χ0n) is 12.3. The largest absolute Gasteiger partial charge is 0.462 e. The van der Waals surface area contributed by atoms with Gasteiger partial charge in [-0.3, -0.25) is 5.10 Å². The van der Waals surface area contributed by atoms with Gasteiger partial charge in [-0.15, -0.1) is 5.10 Å². The highest BCUT2D eigenvalue weighted by molar-refractivity contribution is 7.99. The number of benzene rings is 1. The maximum absolute atomic E-state index is 5.47. The van der Waals surface area contributed by atoms with Crippen LogP contribution in [-0.4, -0.2) is 20.9 Å². The first kappa shape index (κ1) is 14.7. The lowest BCUT2D eigenvalue weighted by Crippen LogP contribution is -1.88. The smallest absolute Gasteiger partial charge is 0.208 e. The molecule has 0 aliphatic heterocycles. The Morgan fingerprint density at radius 3 is 2.77 bits per heavy atom. The first-order valence-electron chi connectivity index (χ1n) is 7.13. The Hall–Kier alpha value is -2.27. The Morgan fingerprint density at radius 2 is 2.00 bits per heavy atom. The topological polar surface area (TPSA) is 54.7 Å². The summed E-state index contributed by atoms with van der Waals surface area (Å²) in [6, 6.07) is 14.3. The molecule has 112 valence electrons. The molecule has 3 aromatic rings. The van der Waals surface area contributed by atoms with Gasteiger partial charge in [0.15, 0.2) is 0 Å². The van der Waals surface area contributed by atoms with Crippen molar-refractivity contribution in [2.75, 3.05) is 5.75 Å². The number of H-pyrrole nitrogens is 1. The fraction of sp³-hybridized carbons (Fsp3) is 0.176. The van der Waals surface area contributed by atoms with Crippen LogP contribution in [0.1, 0.15) is 22.9 Å². The Labute approximate surface area is 133 Å². The highest BCUT2D eigenvalue weighted by atomic mass is 32.2. The molecule has 0 amide bonds. The van der Waals surface area contributed by atoms with Crippen LogP contribution < -0.4 is 0 Å². The standard InChI is InChI=1S/C17H17N3OS/c1-13-7-8-15(21-13)9-10-16-18-17(20-19-16)22-12-11-14-5-3-2-4-6-14/h2-10H,11-12H2,1H3,(H,18,19,20)/b10-9+. The third-order valence-corrected chi connectivity index (χ3v) is 3.96. The van der Waals surface area contributed by atoms with E-state index in [1.807, 2.05) is 37.3 Å². The van der Waals surface area contributed by atoms with Crippen molar-refractivity contribution in [3.63, 3.8) is 0 Å². The van der Waals surface area contributed by atoms with E-state index in [9.17, 15) is 0 Å². The van der Waals surface area contributed by atoms with E-state index in [1.54, 1.807) is 11.8 Å². The summed E-state index contributed by atoms with van der Waals surface area (Å²) in [6.07, 6.45) is 4.76. The maximum Gasteiger partial charge on any atom is 0.208 e. The normalized spacial score (nSPS) is 11.3. The molecule has 0 saturated carbocycles. The van der Waals surface area contributed by atoms with E-state index < -0.39 is 0 Å². The van der Waals surface area contributed by atoms with Gasteiger partial charge in [0.25, 0.3) is 0 Å². The molecule has 0 radical (unpaired) electrons. The number of hydrogen-bond acceptors (Lipinski definition) is 4. The average molecular weight is 311 g/mol. The first-order valence-corrected chi connectivity index (χ1v) is 8.12. The van der Waals surface area contributed by atoms with Gasteiger partial charge in [0, 0.05) is 5.75 Å². The number of furan rings is 1.